The molecule has 0 bridgehead atoms. The minimum absolute atomic E-state index is 0.212. The molecule has 0 aliphatic rings. The van der Waals surface area contributed by atoms with Crippen molar-refractivity contribution < 1.29 is 0 Å². The van der Waals surface area contributed by atoms with Crippen molar-refractivity contribution in [3.8, 4) is 0 Å². The Hall–Kier alpha value is -1.62. The Labute approximate surface area is 107 Å². The Morgan fingerprint density at radius 2 is 2.00 bits per heavy atom. The van der Waals surface area contributed by atoms with Crippen LogP contribution in [-0.4, -0.2) is 26.5 Å². The fourth-order valence-corrected chi connectivity index (χ4v) is 2.07. The van der Waals surface area contributed by atoms with Crippen LogP contribution in [0.5, 0.6) is 0 Å². The maximum absolute atomic E-state index is 4.39. The van der Waals surface area contributed by atoms with E-state index >= 15 is 0 Å². The van der Waals surface area contributed by atoms with E-state index in [9.17, 15) is 0 Å². The van der Waals surface area contributed by atoms with Gasteiger partial charge in [-0.2, -0.15) is 0 Å². The van der Waals surface area contributed by atoms with Crippen LogP contribution in [-0.2, 0) is 12.0 Å². The van der Waals surface area contributed by atoms with Gasteiger partial charge in [0.15, 0.2) is 0 Å². The molecule has 0 aromatic carbocycles. The lowest BCUT2D eigenvalue weighted by Gasteiger charge is -2.28. The molecule has 2 rings (SSSR count). The number of hydrogen-bond donors (Lipinski definition) is 3. The Morgan fingerprint density at radius 3 is 2.61 bits per heavy atom. The molecule has 0 saturated carbocycles. The summed E-state index contributed by atoms with van der Waals surface area (Å²) in [6.07, 6.45) is 10.4. The molecule has 0 spiro atoms. The van der Waals surface area contributed by atoms with E-state index in [1.54, 1.807) is 12.4 Å². The second-order valence-electron chi connectivity index (χ2n) is 4.76. The maximum Gasteiger partial charge on any atom is 0.126 e. The zero-order chi connectivity index (χ0) is 12.8. The van der Waals surface area contributed by atoms with E-state index < -0.39 is 0 Å². The van der Waals surface area contributed by atoms with Gasteiger partial charge in [0.2, 0.25) is 0 Å². The first kappa shape index (κ1) is 12.8. The second kappa shape index (κ2) is 5.82. The van der Waals surface area contributed by atoms with Crippen molar-refractivity contribution in [2.45, 2.75) is 38.6 Å². The van der Waals surface area contributed by atoms with Gasteiger partial charge in [0, 0.05) is 31.2 Å². The van der Waals surface area contributed by atoms with Crippen LogP contribution < -0.4 is 5.32 Å². The highest BCUT2D eigenvalue weighted by Gasteiger charge is 2.29. The number of aromatic amines is 2. The normalized spacial score (nSPS) is 14.6. The summed E-state index contributed by atoms with van der Waals surface area (Å²) in [7, 11) is 0. The highest BCUT2D eigenvalue weighted by Crippen LogP contribution is 2.21. The Kier molecular flexibility index (Phi) is 4.15. The van der Waals surface area contributed by atoms with Crippen molar-refractivity contribution in [3.63, 3.8) is 0 Å². The fraction of sp³-hybridized carbons (Fsp3) is 0.538. The van der Waals surface area contributed by atoms with Crippen molar-refractivity contribution in [2.75, 3.05) is 6.54 Å². The van der Waals surface area contributed by atoms with Gasteiger partial charge in [0.05, 0.1) is 5.54 Å². The zero-order valence-corrected chi connectivity index (χ0v) is 11.0. The third kappa shape index (κ3) is 2.98. The number of H-pyrrole nitrogens is 2. The molecule has 18 heavy (non-hydrogen) atoms. The van der Waals surface area contributed by atoms with Crippen molar-refractivity contribution in [1.29, 1.82) is 0 Å². The van der Waals surface area contributed by atoms with Crippen molar-refractivity contribution in [3.05, 3.63) is 36.4 Å². The first-order valence-corrected chi connectivity index (χ1v) is 6.48. The number of nitrogens with zero attached hydrogens (tertiary/aromatic N) is 2. The van der Waals surface area contributed by atoms with Gasteiger partial charge >= 0.3 is 0 Å². The van der Waals surface area contributed by atoms with E-state index in [4.69, 9.17) is 0 Å². The first-order valence-electron chi connectivity index (χ1n) is 6.48. The number of rotatable bonds is 7. The summed E-state index contributed by atoms with van der Waals surface area (Å²) in [6, 6.07) is 0. The van der Waals surface area contributed by atoms with E-state index in [1.165, 1.54) is 6.42 Å². The molecule has 0 amide bonds. The molecule has 5 nitrogen and oxygen atoms in total. The quantitative estimate of drug-likeness (QED) is 0.655. The van der Waals surface area contributed by atoms with E-state index in [2.05, 4.69) is 39.1 Å². The monoisotopic (exact) mass is 247 g/mol. The van der Waals surface area contributed by atoms with Gasteiger partial charge in [-0.1, -0.05) is 13.3 Å². The summed E-state index contributed by atoms with van der Waals surface area (Å²) in [5.74, 6) is 1.92. The first-order chi connectivity index (χ1) is 8.74. The van der Waals surface area contributed by atoms with Crippen LogP contribution >= 0.6 is 0 Å². The summed E-state index contributed by atoms with van der Waals surface area (Å²) in [5.41, 5.74) is -0.212. The van der Waals surface area contributed by atoms with Crippen LogP contribution in [0.15, 0.2) is 24.8 Å². The molecule has 2 aromatic rings. The number of nitrogens with one attached hydrogen (secondary N) is 3. The summed E-state index contributed by atoms with van der Waals surface area (Å²) < 4.78 is 0. The Bertz CT molecular complexity index is 434. The Morgan fingerprint density at radius 1 is 1.22 bits per heavy atom. The molecule has 0 radical (unpaired) electrons. The van der Waals surface area contributed by atoms with Crippen LogP contribution in [0.2, 0.25) is 0 Å². The van der Waals surface area contributed by atoms with Crippen LogP contribution in [0.4, 0.5) is 0 Å². The molecule has 0 aliphatic carbocycles. The van der Waals surface area contributed by atoms with Crippen molar-refractivity contribution in [2.24, 2.45) is 0 Å². The average Bonchev–Trinajstić information content (AvgIpc) is 3.01. The average molecular weight is 247 g/mol. The molecule has 0 saturated heterocycles. The van der Waals surface area contributed by atoms with E-state index in [0.29, 0.717) is 0 Å². The largest absolute Gasteiger partial charge is 0.349 e. The molecule has 0 fully saturated rings. The molecule has 2 heterocycles. The number of hydrogen-bond acceptors (Lipinski definition) is 3. The lowest BCUT2D eigenvalue weighted by atomic mass is 9.96. The molecule has 2 aromatic heterocycles. The summed E-state index contributed by atoms with van der Waals surface area (Å²) in [5, 5.41) is 3.58. The fourth-order valence-electron chi connectivity index (χ4n) is 2.07. The summed E-state index contributed by atoms with van der Waals surface area (Å²) in [4.78, 5) is 15.0. The molecule has 3 N–H and O–H groups in total. The van der Waals surface area contributed by atoms with Gasteiger partial charge in [-0.15, -0.1) is 0 Å². The van der Waals surface area contributed by atoms with Crippen LogP contribution in [0.1, 0.15) is 38.3 Å². The number of unbranched alkanes of at least 4 members (excludes halogenated alkanes) is 1. The minimum atomic E-state index is -0.212. The molecular weight excluding hydrogens is 226 g/mol. The molecule has 1 unspecified atom stereocenters. The van der Waals surface area contributed by atoms with Crippen LogP contribution in [0.3, 0.4) is 0 Å². The predicted octanol–water partition coefficient (Wildman–Crippen LogP) is 1.98. The summed E-state index contributed by atoms with van der Waals surface area (Å²) >= 11 is 0. The van der Waals surface area contributed by atoms with E-state index in [0.717, 1.165) is 31.0 Å². The predicted molar refractivity (Wildman–Crippen MR) is 71.1 cm³/mol. The smallest absolute Gasteiger partial charge is 0.126 e. The third-order valence-electron chi connectivity index (χ3n) is 3.14. The molecule has 0 aliphatic heterocycles. The highest BCUT2D eigenvalue weighted by atomic mass is 15.1. The molecular formula is C13H21N5. The minimum Gasteiger partial charge on any atom is -0.349 e. The van der Waals surface area contributed by atoms with Gasteiger partial charge in [0.1, 0.15) is 11.6 Å². The third-order valence-corrected chi connectivity index (χ3v) is 3.14. The lowest BCUT2D eigenvalue weighted by molar-refractivity contribution is 0.337. The number of imidazole rings is 2. The van der Waals surface area contributed by atoms with Crippen molar-refractivity contribution in [1.82, 2.24) is 25.3 Å². The van der Waals surface area contributed by atoms with Gasteiger partial charge in [-0.3, -0.25) is 0 Å². The van der Waals surface area contributed by atoms with Crippen LogP contribution in [0, 0.1) is 0 Å². The Balaban J connectivity index is 2.11. The van der Waals surface area contributed by atoms with Gasteiger partial charge in [0.25, 0.3) is 0 Å². The summed E-state index contributed by atoms with van der Waals surface area (Å²) in [6.45, 7) is 5.33. The highest BCUT2D eigenvalue weighted by molar-refractivity contribution is 5.09. The van der Waals surface area contributed by atoms with Crippen LogP contribution in [0.25, 0.3) is 0 Å². The van der Waals surface area contributed by atoms with E-state index in [1.807, 2.05) is 12.4 Å². The standard InChI is InChI=1S/C13H21N5/c1-3-4-5-18-13(2,12-16-8-9-17-12)10-11-14-6-7-15-11/h6-9,18H,3-5,10H2,1-2H3,(H,14,15)(H,16,17). The SMILES string of the molecule is CCCCNC(C)(Cc1ncc[nH]1)c1ncc[nH]1. The van der Waals surface area contributed by atoms with Gasteiger partial charge in [-0.05, 0) is 19.9 Å². The molecule has 1 atom stereocenters. The van der Waals surface area contributed by atoms with E-state index in [-0.39, 0.29) is 5.54 Å². The number of aromatic nitrogens is 4. The van der Waals surface area contributed by atoms with Crippen molar-refractivity contribution >= 4 is 0 Å². The zero-order valence-electron chi connectivity index (χ0n) is 11.0. The maximum atomic E-state index is 4.39. The van der Waals surface area contributed by atoms with Gasteiger partial charge < -0.3 is 15.3 Å². The topological polar surface area (TPSA) is 69.4 Å². The molecule has 5 heteroatoms. The second-order valence-corrected chi connectivity index (χ2v) is 4.76. The van der Waals surface area contributed by atoms with Gasteiger partial charge in [-0.25, -0.2) is 9.97 Å². The lowest BCUT2D eigenvalue weighted by Crippen LogP contribution is -2.43. The molecule has 98 valence electrons.